The molecule has 344 valence electrons. The molecule has 16 rings (SSSR count). The molecule has 0 amide bonds. The lowest BCUT2D eigenvalue weighted by atomic mass is 9.48. The number of fused-ring (bicyclic) bond motifs is 8. The molecule has 2 nitrogen and oxygen atoms in total. The SMILES string of the molecule is c1ccc(-c2oc3c4cc(-c5ccc(N(c6ccc(C78CC9CC(CC(C9)C7)C8)cc6)c6ccc(-c7cccc8ccccc78)c7ccccc67)cc5)ccc4c4ccccc4c3c2-c2ccccc2)cc1. The Morgan fingerprint density at radius 1 is 0.375 bits per heavy atom. The second-order valence-corrected chi connectivity index (χ2v) is 21.4. The summed E-state index contributed by atoms with van der Waals surface area (Å²) in [4.78, 5) is 2.50. The van der Waals surface area contributed by atoms with Gasteiger partial charge in [-0.2, -0.15) is 0 Å². The number of nitrogens with zero attached hydrogens (tertiary/aromatic N) is 1. The molecule has 0 spiro atoms. The van der Waals surface area contributed by atoms with E-state index in [1.165, 1.54) is 98.7 Å². The molecule has 1 heterocycles. The third-order valence-corrected chi connectivity index (χ3v) is 17.2. The van der Waals surface area contributed by atoms with E-state index in [2.05, 4.69) is 235 Å². The quantitative estimate of drug-likeness (QED) is 0.141. The van der Waals surface area contributed by atoms with Crippen molar-refractivity contribution in [3.8, 4) is 44.7 Å². The summed E-state index contributed by atoms with van der Waals surface area (Å²) in [7, 11) is 0. The van der Waals surface area contributed by atoms with Crippen LogP contribution in [-0.4, -0.2) is 0 Å². The molecular weight excluding hydrogens is 871 g/mol. The second-order valence-electron chi connectivity index (χ2n) is 21.4. The number of anilines is 3. The van der Waals surface area contributed by atoms with Crippen molar-refractivity contribution in [1.82, 2.24) is 0 Å². The van der Waals surface area contributed by atoms with Gasteiger partial charge in [-0.15, -0.1) is 0 Å². The first kappa shape index (κ1) is 41.6. The fraction of sp³-hybridized carbons (Fsp3) is 0.143. The monoisotopic (exact) mass is 923 g/mol. The number of hydrogen-bond acceptors (Lipinski definition) is 2. The van der Waals surface area contributed by atoms with Crippen molar-refractivity contribution in [2.75, 3.05) is 4.90 Å². The van der Waals surface area contributed by atoms with Crippen molar-refractivity contribution in [1.29, 1.82) is 0 Å². The summed E-state index contributed by atoms with van der Waals surface area (Å²) in [5.74, 6) is 3.61. The molecule has 0 radical (unpaired) electrons. The van der Waals surface area contributed by atoms with E-state index < -0.39 is 0 Å². The molecular formula is C70H53NO. The van der Waals surface area contributed by atoms with Crippen LogP contribution in [0.1, 0.15) is 44.1 Å². The molecule has 4 aliphatic carbocycles. The fourth-order valence-electron chi connectivity index (χ4n) is 14.5. The van der Waals surface area contributed by atoms with Crippen LogP contribution in [0.25, 0.3) is 98.8 Å². The first-order valence-electron chi connectivity index (χ1n) is 26.2. The highest BCUT2D eigenvalue weighted by Gasteiger charge is 2.51. The average Bonchev–Trinajstić information content (AvgIpc) is 3.85. The van der Waals surface area contributed by atoms with Gasteiger partial charge in [-0.1, -0.05) is 194 Å². The maximum atomic E-state index is 7.16. The zero-order chi connectivity index (χ0) is 47.3. The third kappa shape index (κ3) is 6.62. The normalized spacial score (nSPS) is 19.2. The van der Waals surface area contributed by atoms with Crippen molar-refractivity contribution < 1.29 is 4.42 Å². The molecule has 11 aromatic carbocycles. The predicted molar refractivity (Wildman–Crippen MR) is 303 cm³/mol. The van der Waals surface area contributed by atoms with E-state index >= 15 is 0 Å². The number of rotatable bonds is 8. The second kappa shape index (κ2) is 16.4. The minimum atomic E-state index is 0.339. The Kier molecular flexibility index (Phi) is 9.49. The van der Waals surface area contributed by atoms with E-state index in [4.69, 9.17) is 4.42 Å². The van der Waals surface area contributed by atoms with Crippen molar-refractivity contribution in [3.63, 3.8) is 0 Å². The zero-order valence-corrected chi connectivity index (χ0v) is 40.3. The van der Waals surface area contributed by atoms with Gasteiger partial charge in [-0.25, -0.2) is 0 Å². The summed E-state index contributed by atoms with van der Waals surface area (Å²) in [6, 6.07) is 85.3. The van der Waals surface area contributed by atoms with E-state index in [1.807, 2.05) is 0 Å². The number of benzene rings is 11. The Morgan fingerprint density at radius 2 is 0.917 bits per heavy atom. The summed E-state index contributed by atoms with van der Waals surface area (Å²) < 4.78 is 7.16. The van der Waals surface area contributed by atoms with E-state index in [0.717, 1.165) is 73.4 Å². The first-order chi connectivity index (χ1) is 35.6. The summed E-state index contributed by atoms with van der Waals surface area (Å²) in [6.45, 7) is 0. The van der Waals surface area contributed by atoms with Crippen molar-refractivity contribution >= 4 is 71.1 Å². The van der Waals surface area contributed by atoms with Crippen LogP contribution in [0.2, 0.25) is 0 Å². The summed E-state index contributed by atoms with van der Waals surface area (Å²) in [5.41, 5.74) is 14.5. The Bertz CT molecular complexity index is 4010. The summed E-state index contributed by atoms with van der Waals surface area (Å²) >= 11 is 0. The van der Waals surface area contributed by atoms with E-state index in [-0.39, 0.29) is 0 Å². The Labute approximate surface area is 420 Å². The van der Waals surface area contributed by atoms with Gasteiger partial charge in [-0.3, -0.25) is 0 Å². The first-order valence-corrected chi connectivity index (χ1v) is 26.2. The lowest BCUT2D eigenvalue weighted by Crippen LogP contribution is -2.48. The van der Waals surface area contributed by atoms with Crippen molar-refractivity contribution in [2.24, 2.45) is 17.8 Å². The van der Waals surface area contributed by atoms with E-state index in [0.29, 0.717) is 5.41 Å². The molecule has 12 aromatic rings. The minimum absolute atomic E-state index is 0.339. The number of furan rings is 1. The average molecular weight is 924 g/mol. The Balaban J connectivity index is 0.879. The zero-order valence-electron chi connectivity index (χ0n) is 40.3. The molecule has 4 fully saturated rings. The van der Waals surface area contributed by atoms with Crippen molar-refractivity contribution in [3.05, 3.63) is 236 Å². The summed E-state index contributed by atoms with van der Waals surface area (Å²) in [6.07, 6.45) is 8.46. The standard InChI is InChI=1S/C70H53NO/c1-3-15-50(16-4-1)66-67-63-24-12-10-22-59(63)61-35-28-52(41-64(61)69(67)72-68(66)51-17-5-2-6-18-51)48-26-31-54(32-27-48)71(55-33-29-53(30-34-55)70-42-45-38-46(43-70)40-47(39-45)44-70)65-37-36-60(58-21-9-11-23-62(58)65)57-25-13-19-49-14-7-8-20-56(49)57/h1-37,41,45-47H,38-40,42-44H2. The van der Waals surface area contributed by atoms with Crippen LogP contribution < -0.4 is 4.90 Å². The van der Waals surface area contributed by atoms with Crippen molar-refractivity contribution in [2.45, 2.75) is 43.9 Å². The highest BCUT2D eigenvalue weighted by atomic mass is 16.3. The van der Waals surface area contributed by atoms with Gasteiger partial charge in [0.15, 0.2) is 0 Å². The molecule has 4 bridgehead atoms. The number of hydrogen-bond donors (Lipinski definition) is 0. The molecule has 0 aliphatic heterocycles. The van der Waals surface area contributed by atoms with Gasteiger partial charge in [0, 0.05) is 38.7 Å². The molecule has 0 N–H and O–H groups in total. The maximum absolute atomic E-state index is 7.16. The van der Waals surface area contributed by atoms with Gasteiger partial charge in [0.05, 0.1) is 5.69 Å². The van der Waals surface area contributed by atoms with Crippen LogP contribution in [0.4, 0.5) is 17.1 Å². The lowest BCUT2D eigenvalue weighted by Gasteiger charge is -2.57. The lowest BCUT2D eigenvalue weighted by molar-refractivity contribution is -0.00518. The van der Waals surface area contributed by atoms with Gasteiger partial charge >= 0.3 is 0 Å². The molecule has 0 unspecified atom stereocenters. The topological polar surface area (TPSA) is 16.4 Å². The van der Waals surface area contributed by atoms with Crippen LogP contribution in [-0.2, 0) is 5.41 Å². The van der Waals surface area contributed by atoms with E-state index in [1.54, 1.807) is 5.56 Å². The maximum Gasteiger partial charge on any atom is 0.143 e. The van der Waals surface area contributed by atoms with Crippen LogP contribution >= 0.6 is 0 Å². The van der Waals surface area contributed by atoms with Gasteiger partial charge < -0.3 is 9.32 Å². The Hall–Kier alpha value is -8.20. The molecule has 72 heavy (non-hydrogen) atoms. The van der Waals surface area contributed by atoms with Crippen LogP contribution in [0.3, 0.4) is 0 Å². The fourth-order valence-corrected chi connectivity index (χ4v) is 14.5. The van der Waals surface area contributed by atoms with Crippen LogP contribution in [0.15, 0.2) is 235 Å². The molecule has 4 aliphatic rings. The van der Waals surface area contributed by atoms with Gasteiger partial charge in [0.1, 0.15) is 11.3 Å². The molecule has 0 saturated heterocycles. The van der Waals surface area contributed by atoms with Gasteiger partial charge in [-0.05, 0) is 164 Å². The van der Waals surface area contributed by atoms with Gasteiger partial charge in [0.2, 0.25) is 0 Å². The molecule has 4 saturated carbocycles. The third-order valence-electron chi connectivity index (χ3n) is 17.2. The molecule has 1 aromatic heterocycles. The highest BCUT2D eigenvalue weighted by Crippen LogP contribution is 2.61. The predicted octanol–water partition coefficient (Wildman–Crippen LogP) is 19.7. The Morgan fingerprint density at radius 3 is 1.62 bits per heavy atom. The van der Waals surface area contributed by atoms with Crippen LogP contribution in [0, 0.1) is 17.8 Å². The summed E-state index contributed by atoms with van der Waals surface area (Å²) in [5, 5.41) is 10.9. The minimum Gasteiger partial charge on any atom is -0.455 e. The van der Waals surface area contributed by atoms with E-state index in [9.17, 15) is 0 Å². The molecule has 0 atom stereocenters. The smallest absolute Gasteiger partial charge is 0.143 e. The van der Waals surface area contributed by atoms with Crippen LogP contribution in [0.5, 0.6) is 0 Å². The van der Waals surface area contributed by atoms with Gasteiger partial charge in [0.25, 0.3) is 0 Å². The molecule has 2 heteroatoms. The highest BCUT2D eigenvalue weighted by molar-refractivity contribution is 6.29. The largest absolute Gasteiger partial charge is 0.455 e.